The van der Waals surface area contributed by atoms with Crippen molar-refractivity contribution in [3.8, 4) is 0 Å². The molecule has 6 nitrogen and oxygen atoms in total. The number of nitrogens with two attached hydrogens (primary N) is 1. The average Bonchev–Trinajstić information content (AvgIpc) is 2.49. The average molecular weight is 296 g/mol. The van der Waals surface area contributed by atoms with Gasteiger partial charge in [-0.05, 0) is 20.8 Å². The Labute approximate surface area is 127 Å². The van der Waals surface area contributed by atoms with E-state index < -0.39 is 0 Å². The fourth-order valence-electron chi connectivity index (χ4n) is 2.00. The highest BCUT2D eigenvalue weighted by molar-refractivity contribution is 5.56. The molecule has 0 aliphatic carbocycles. The van der Waals surface area contributed by atoms with Gasteiger partial charge < -0.3 is 20.1 Å². The fraction of sp³-hybridized carbons (Fsp3) is 0.733. The standard InChI is InChI=1S/C15H28N4O2/c1-5-13-17-14(16)12(4)15(18-13)19(8-10-20-6-2)9-11-21-7-3/h5-11H2,1-4H3,(H2,16,17,18). The van der Waals surface area contributed by atoms with Crippen molar-refractivity contribution in [1.82, 2.24) is 9.97 Å². The molecule has 0 spiro atoms. The van der Waals surface area contributed by atoms with E-state index in [2.05, 4.69) is 14.9 Å². The Bertz CT molecular complexity index is 416. The van der Waals surface area contributed by atoms with Crippen LogP contribution in [-0.4, -0.2) is 49.5 Å². The van der Waals surface area contributed by atoms with E-state index in [0.717, 1.165) is 36.7 Å². The smallest absolute Gasteiger partial charge is 0.137 e. The summed E-state index contributed by atoms with van der Waals surface area (Å²) in [7, 11) is 0. The number of nitrogens with zero attached hydrogens (tertiary/aromatic N) is 3. The molecule has 0 saturated carbocycles. The molecule has 0 aromatic carbocycles. The minimum Gasteiger partial charge on any atom is -0.383 e. The molecule has 0 aliphatic heterocycles. The minimum absolute atomic E-state index is 0.551. The Morgan fingerprint density at radius 1 is 1.00 bits per heavy atom. The predicted molar refractivity (Wildman–Crippen MR) is 85.8 cm³/mol. The predicted octanol–water partition coefficient (Wildman–Crippen LogP) is 1.81. The Morgan fingerprint density at radius 3 is 2.05 bits per heavy atom. The van der Waals surface area contributed by atoms with Crippen molar-refractivity contribution in [3.63, 3.8) is 0 Å². The van der Waals surface area contributed by atoms with Gasteiger partial charge in [0.2, 0.25) is 0 Å². The maximum atomic E-state index is 6.00. The molecule has 0 fully saturated rings. The molecule has 0 saturated heterocycles. The second-order valence-electron chi connectivity index (χ2n) is 4.71. The van der Waals surface area contributed by atoms with E-state index in [-0.39, 0.29) is 0 Å². The van der Waals surface area contributed by atoms with Crippen LogP contribution in [0.1, 0.15) is 32.2 Å². The molecule has 6 heteroatoms. The molecule has 1 rings (SSSR count). The van der Waals surface area contributed by atoms with Crippen LogP contribution in [0.4, 0.5) is 11.6 Å². The first-order valence-electron chi connectivity index (χ1n) is 7.67. The largest absolute Gasteiger partial charge is 0.383 e. The van der Waals surface area contributed by atoms with Gasteiger partial charge in [0.1, 0.15) is 17.5 Å². The summed E-state index contributed by atoms with van der Waals surface area (Å²) in [4.78, 5) is 11.1. The van der Waals surface area contributed by atoms with Crippen LogP contribution in [0, 0.1) is 6.92 Å². The summed E-state index contributed by atoms with van der Waals surface area (Å²) >= 11 is 0. The lowest BCUT2D eigenvalue weighted by molar-refractivity contribution is 0.141. The number of hydrogen-bond acceptors (Lipinski definition) is 6. The summed E-state index contributed by atoms with van der Waals surface area (Å²) in [6.45, 7) is 12.2. The first-order chi connectivity index (χ1) is 10.1. The van der Waals surface area contributed by atoms with Crippen molar-refractivity contribution >= 4 is 11.6 Å². The fourth-order valence-corrected chi connectivity index (χ4v) is 2.00. The summed E-state index contributed by atoms with van der Waals surface area (Å²) < 4.78 is 10.9. The molecule has 0 bridgehead atoms. The van der Waals surface area contributed by atoms with Crippen molar-refractivity contribution in [2.45, 2.75) is 34.1 Å². The van der Waals surface area contributed by atoms with E-state index in [1.54, 1.807) is 0 Å². The maximum Gasteiger partial charge on any atom is 0.137 e. The Morgan fingerprint density at radius 2 is 1.57 bits per heavy atom. The Kier molecular flexibility index (Phi) is 8.00. The lowest BCUT2D eigenvalue weighted by Gasteiger charge is -2.26. The number of aromatic nitrogens is 2. The van der Waals surface area contributed by atoms with Crippen LogP contribution in [0.5, 0.6) is 0 Å². The molecular formula is C15H28N4O2. The van der Waals surface area contributed by atoms with Gasteiger partial charge in [0.15, 0.2) is 0 Å². The monoisotopic (exact) mass is 296 g/mol. The number of rotatable bonds is 10. The van der Waals surface area contributed by atoms with E-state index in [1.165, 1.54) is 0 Å². The quantitative estimate of drug-likeness (QED) is 0.664. The van der Waals surface area contributed by atoms with E-state index >= 15 is 0 Å². The first-order valence-corrected chi connectivity index (χ1v) is 7.67. The van der Waals surface area contributed by atoms with Crippen molar-refractivity contribution in [3.05, 3.63) is 11.4 Å². The zero-order valence-corrected chi connectivity index (χ0v) is 13.7. The molecule has 0 aliphatic rings. The summed E-state index contributed by atoms with van der Waals surface area (Å²) in [6.07, 6.45) is 0.766. The van der Waals surface area contributed by atoms with E-state index in [9.17, 15) is 0 Å². The molecule has 1 heterocycles. The lowest BCUT2D eigenvalue weighted by atomic mass is 10.2. The van der Waals surface area contributed by atoms with Gasteiger partial charge in [0, 0.05) is 38.3 Å². The van der Waals surface area contributed by atoms with E-state index in [0.29, 0.717) is 32.2 Å². The van der Waals surface area contributed by atoms with Gasteiger partial charge in [0.05, 0.1) is 13.2 Å². The molecule has 120 valence electrons. The lowest BCUT2D eigenvalue weighted by Crippen LogP contribution is -2.33. The molecular weight excluding hydrogens is 268 g/mol. The van der Waals surface area contributed by atoms with E-state index in [4.69, 9.17) is 15.2 Å². The molecule has 0 amide bonds. The molecule has 0 radical (unpaired) electrons. The van der Waals surface area contributed by atoms with Crippen molar-refractivity contribution in [1.29, 1.82) is 0 Å². The van der Waals surface area contributed by atoms with Gasteiger partial charge in [-0.3, -0.25) is 0 Å². The molecule has 2 N–H and O–H groups in total. The highest BCUT2D eigenvalue weighted by Crippen LogP contribution is 2.21. The van der Waals surface area contributed by atoms with Gasteiger partial charge in [-0.1, -0.05) is 6.92 Å². The van der Waals surface area contributed by atoms with Crippen LogP contribution in [0.3, 0.4) is 0 Å². The summed E-state index contributed by atoms with van der Waals surface area (Å²) in [5.74, 6) is 2.21. The molecule has 21 heavy (non-hydrogen) atoms. The SMILES string of the molecule is CCOCCN(CCOCC)c1nc(CC)nc(N)c1C. The van der Waals surface area contributed by atoms with Gasteiger partial charge in [-0.2, -0.15) is 0 Å². The summed E-state index contributed by atoms with van der Waals surface area (Å²) in [5, 5.41) is 0. The van der Waals surface area contributed by atoms with Crippen LogP contribution in [-0.2, 0) is 15.9 Å². The van der Waals surface area contributed by atoms with Crippen LogP contribution >= 0.6 is 0 Å². The van der Waals surface area contributed by atoms with E-state index in [1.807, 2.05) is 27.7 Å². The van der Waals surface area contributed by atoms with Crippen LogP contribution in [0.15, 0.2) is 0 Å². The van der Waals surface area contributed by atoms with Crippen LogP contribution < -0.4 is 10.6 Å². The topological polar surface area (TPSA) is 73.5 Å². The summed E-state index contributed by atoms with van der Waals surface area (Å²) in [5.41, 5.74) is 6.92. The molecule has 1 aromatic heterocycles. The first kappa shape index (κ1) is 17.7. The second-order valence-corrected chi connectivity index (χ2v) is 4.71. The summed E-state index contributed by atoms with van der Waals surface area (Å²) in [6, 6.07) is 0. The van der Waals surface area contributed by atoms with Crippen LogP contribution in [0.2, 0.25) is 0 Å². The molecule has 0 atom stereocenters. The Balaban J connectivity index is 2.91. The number of hydrogen-bond donors (Lipinski definition) is 1. The van der Waals surface area contributed by atoms with Gasteiger partial charge in [-0.25, -0.2) is 9.97 Å². The van der Waals surface area contributed by atoms with Crippen molar-refractivity contribution in [2.24, 2.45) is 0 Å². The normalized spacial score (nSPS) is 10.9. The number of anilines is 2. The van der Waals surface area contributed by atoms with Gasteiger partial charge in [0.25, 0.3) is 0 Å². The number of ether oxygens (including phenoxy) is 2. The minimum atomic E-state index is 0.551. The number of aryl methyl sites for hydroxylation is 1. The molecule has 0 unspecified atom stereocenters. The third-order valence-electron chi connectivity index (χ3n) is 3.24. The zero-order chi connectivity index (χ0) is 15.7. The maximum absolute atomic E-state index is 6.00. The highest BCUT2D eigenvalue weighted by Gasteiger charge is 2.15. The Hall–Kier alpha value is -1.40. The third kappa shape index (κ3) is 5.47. The second kappa shape index (κ2) is 9.52. The van der Waals surface area contributed by atoms with Crippen LogP contribution in [0.25, 0.3) is 0 Å². The highest BCUT2D eigenvalue weighted by atomic mass is 16.5. The number of nitrogen functional groups attached to an aromatic ring is 1. The zero-order valence-electron chi connectivity index (χ0n) is 13.7. The van der Waals surface area contributed by atoms with Gasteiger partial charge in [-0.15, -0.1) is 0 Å². The van der Waals surface area contributed by atoms with Crippen molar-refractivity contribution < 1.29 is 9.47 Å². The molecule has 1 aromatic rings. The third-order valence-corrected chi connectivity index (χ3v) is 3.24. The van der Waals surface area contributed by atoms with Crippen molar-refractivity contribution in [2.75, 3.05) is 50.2 Å². The van der Waals surface area contributed by atoms with Gasteiger partial charge >= 0.3 is 0 Å².